The molecule has 0 aromatic heterocycles. The van der Waals surface area contributed by atoms with Crippen molar-refractivity contribution in [2.24, 2.45) is 0 Å². The molecule has 0 heterocycles. The van der Waals surface area contributed by atoms with Gasteiger partial charge in [-0.1, -0.05) is 6.08 Å². The van der Waals surface area contributed by atoms with Crippen LogP contribution in [0.2, 0.25) is 0 Å². The summed E-state index contributed by atoms with van der Waals surface area (Å²) in [6.45, 7) is 6.12. The van der Waals surface area contributed by atoms with Crippen LogP contribution < -0.4 is 0 Å². The first-order valence-corrected chi connectivity index (χ1v) is 3.50. The molecule has 0 aliphatic carbocycles. The fourth-order valence-electron chi connectivity index (χ4n) is 0.441. The van der Waals surface area contributed by atoms with E-state index >= 15 is 0 Å². The van der Waals surface area contributed by atoms with Crippen molar-refractivity contribution in [3.8, 4) is 0 Å². The number of hydrogen-bond acceptors (Lipinski definition) is 2. The molecule has 3 heteroatoms. The lowest BCUT2D eigenvalue weighted by Crippen LogP contribution is -2.41. The van der Waals surface area contributed by atoms with E-state index in [-0.39, 0.29) is 6.42 Å². The predicted octanol–water partition coefficient (Wildman–Crippen LogP) is 1.93. The molecular formula is C7H13FOS. The minimum atomic E-state index is -1.88. The summed E-state index contributed by atoms with van der Waals surface area (Å²) >= 11 is 3.66. The van der Waals surface area contributed by atoms with Gasteiger partial charge >= 0.3 is 0 Å². The zero-order valence-electron chi connectivity index (χ0n) is 6.26. The van der Waals surface area contributed by atoms with Gasteiger partial charge in [-0.2, -0.15) is 0 Å². The third kappa shape index (κ3) is 2.31. The van der Waals surface area contributed by atoms with E-state index in [0.29, 0.717) is 0 Å². The zero-order chi connectivity index (χ0) is 8.41. The molecule has 0 aliphatic rings. The summed E-state index contributed by atoms with van der Waals surface area (Å²) in [5.41, 5.74) is -1.43. The van der Waals surface area contributed by atoms with Crippen LogP contribution in [0.25, 0.3) is 0 Å². The maximum absolute atomic E-state index is 13.1. The summed E-state index contributed by atoms with van der Waals surface area (Å²) in [5.74, 6) is 0. The first kappa shape index (κ1) is 9.98. The Labute approximate surface area is 66.4 Å². The number of allylic oxidation sites excluding steroid dienone is 1. The van der Waals surface area contributed by atoms with Crippen molar-refractivity contribution in [3.05, 3.63) is 12.7 Å². The van der Waals surface area contributed by atoms with Gasteiger partial charge in [-0.15, -0.1) is 19.2 Å². The molecule has 0 spiro atoms. The Balaban J connectivity index is 4.23. The molecular weight excluding hydrogens is 151 g/mol. The van der Waals surface area contributed by atoms with Gasteiger partial charge in [0.05, 0.1) is 0 Å². The Morgan fingerprint density at radius 2 is 2.10 bits per heavy atom. The average Bonchev–Trinajstić information content (AvgIpc) is 1.61. The molecule has 60 valence electrons. The molecule has 0 fully saturated rings. The molecule has 1 N–H and O–H groups in total. The summed E-state index contributed by atoms with van der Waals surface area (Å²) in [5, 5.41) is 7.30. The van der Waals surface area contributed by atoms with Crippen molar-refractivity contribution in [2.75, 3.05) is 0 Å². The number of alkyl halides is 1. The zero-order valence-corrected chi connectivity index (χ0v) is 7.16. The molecule has 0 saturated heterocycles. The van der Waals surface area contributed by atoms with Crippen molar-refractivity contribution in [2.45, 2.75) is 30.9 Å². The maximum atomic E-state index is 13.1. The van der Waals surface area contributed by atoms with Crippen LogP contribution in [0, 0.1) is 0 Å². The van der Waals surface area contributed by atoms with Crippen LogP contribution in [0.5, 0.6) is 0 Å². The Kier molecular flexibility index (Phi) is 2.92. The topological polar surface area (TPSA) is 20.2 Å². The summed E-state index contributed by atoms with van der Waals surface area (Å²) in [4.78, 5) is 0. The normalized spacial score (nSPS) is 18.1. The number of aliphatic hydroxyl groups is 1. The van der Waals surface area contributed by atoms with Gasteiger partial charge in [0.1, 0.15) is 5.60 Å². The number of hydrogen-bond donors (Lipinski definition) is 2. The molecule has 0 aliphatic heterocycles. The lowest BCUT2D eigenvalue weighted by atomic mass is 10.00. The number of halogens is 1. The van der Waals surface area contributed by atoms with Crippen molar-refractivity contribution >= 4 is 12.6 Å². The monoisotopic (exact) mass is 164 g/mol. The van der Waals surface area contributed by atoms with Crippen molar-refractivity contribution in [3.63, 3.8) is 0 Å². The molecule has 10 heavy (non-hydrogen) atoms. The van der Waals surface area contributed by atoms with Crippen molar-refractivity contribution in [1.82, 2.24) is 0 Å². The fraction of sp³-hybridized carbons (Fsp3) is 0.714. The van der Waals surface area contributed by atoms with E-state index < -0.39 is 10.6 Å². The second-order valence-electron chi connectivity index (χ2n) is 2.81. The molecule has 0 radical (unpaired) electrons. The Bertz CT molecular complexity index is 126. The minimum Gasteiger partial charge on any atom is -0.386 e. The van der Waals surface area contributed by atoms with Gasteiger partial charge in [0.25, 0.3) is 0 Å². The van der Waals surface area contributed by atoms with Crippen LogP contribution in [0.15, 0.2) is 12.7 Å². The van der Waals surface area contributed by atoms with E-state index in [4.69, 9.17) is 0 Å². The lowest BCUT2D eigenvalue weighted by molar-refractivity contribution is -0.0204. The van der Waals surface area contributed by atoms with Crippen LogP contribution in [-0.4, -0.2) is 15.7 Å². The second kappa shape index (κ2) is 2.93. The van der Waals surface area contributed by atoms with Gasteiger partial charge in [0, 0.05) is 6.42 Å². The van der Waals surface area contributed by atoms with Gasteiger partial charge in [-0.3, -0.25) is 0 Å². The Hall–Kier alpha value is -0.0200. The summed E-state index contributed by atoms with van der Waals surface area (Å²) in [7, 11) is 0. The van der Waals surface area contributed by atoms with Crippen LogP contribution in [0.3, 0.4) is 0 Å². The van der Waals surface area contributed by atoms with E-state index in [1.54, 1.807) is 0 Å². The SMILES string of the molecule is C=CCC(F)(S)C(C)(C)O. The molecule has 1 nitrogen and oxygen atoms in total. The highest BCUT2D eigenvalue weighted by atomic mass is 32.1. The highest BCUT2D eigenvalue weighted by Gasteiger charge is 2.39. The van der Waals surface area contributed by atoms with Gasteiger partial charge in [-0.05, 0) is 13.8 Å². The number of rotatable bonds is 3. The summed E-state index contributed by atoms with van der Waals surface area (Å²) in [6.07, 6.45) is 1.44. The van der Waals surface area contributed by atoms with Gasteiger partial charge < -0.3 is 5.11 Å². The van der Waals surface area contributed by atoms with E-state index in [9.17, 15) is 9.50 Å². The first-order valence-electron chi connectivity index (χ1n) is 3.06. The van der Waals surface area contributed by atoms with Gasteiger partial charge in [0.2, 0.25) is 0 Å². The smallest absolute Gasteiger partial charge is 0.184 e. The van der Waals surface area contributed by atoms with Crippen LogP contribution in [-0.2, 0) is 0 Å². The van der Waals surface area contributed by atoms with E-state index in [2.05, 4.69) is 19.2 Å². The summed E-state index contributed by atoms with van der Waals surface area (Å²) < 4.78 is 13.1. The molecule has 0 aromatic rings. The van der Waals surface area contributed by atoms with E-state index in [0.717, 1.165) is 0 Å². The molecule has 0 saturated carbocycles. The molecule has 0 rings (SSSR count). The highest BCUT2D eigenvalue weighted by Crippen LogP contribution is 2.33. The largest absolute Gasteiger partial charge is 0.386 e. The fourth-order valence-corrected chi connectivity index (χ4v) is 0.570. The van der Waals surface area contributed by atoms with Crippen LogP contribution in [0.4, 0.5) is 4.39 Å². The van der Waals surface area contributed by atoms with Crippen LogP contribution in [0.1, 0.15) is 20.3 Å². The standard InChI is InChI=1S/C7H13FOS/c1-4-5-7(8,10)6(2,3)9/h4,9-10H,1,5H2,2-3H3. The average molecular weight is 164 g/mol. The van der Waals surface area contributed by atoms with Gasteiger partial charge in [0.15, 0.2) is 5.00 Å². The quantitative estimate of drug-likeness (QED) is 0.482. The summed E-state index contributed by atoms with van der Waals surface area (Å²) in [6, 6.07) is 0. The van der Waals surface area contributed by atoms with Gasteiger partial charge in [-0.25, -0.2) is 4.39 Å². The second-order valence-corrected chi connectivity index (χ2v) is 3.52. The molecule has 1 unspecified atom stereocenters. The molecule has 0 aromatic carbocycles. The Morgan fingerprint density at radius 3 is 2.20 bits per heavy atom. The predicted molar refractivity (Wildman–Crippen MR) is 43.9 cm³/mol. The first-order chi connectivity index (χ1) is 4.31. The van der Waals surface area contributed by atoms with Crippen molar-refractivity contribution < 1.29 is 9.50 Å². The maximum Gasteiger partial charge on any atom is 0.184 e. The lowest BCUT2D eigenvalue weighted by Gasteiger charge is -2.30. The highest BCUT2D eigenvalue weighted by molar-refractivity contribution is 7.81. The molecule has 0 bridgehead atoms. The molecule has 1 atom stereocenters. The van der Waals surface area contributed by atoms with Crippen LogP contribution >= 0.6 is 12.6 Å². The van der Waals surface area contributed by atoms with E-state index in [1.807, 2.05) is 0 Å². The van der Waals surface area contributed by atoms with Crippen molar-refractivity contribution in [1.29, 1.82) is 0 Å². The third-order valence-electron chi connectivity index (χ3n) is 1.35. The number of thiol groups is 1. The third-order valence-corrected chi connectivity index (χ3v) is 2.08. The van der Waals surface area contributed by atoms with E-state index in [1.165, 1.54) is 19.9 Å². The Morgan fingerprint density at radius 1 is 1.70 bits per heavy atom. The molecule has 0 amide bonds. The minimum absolute atomic E-state index is 0.0413.